The number of rotatable bonds is 6. The average Bonchev–Trinajstić information content (AvgIpc) is 2.91. The fraction of sp³-hybridized carbons (Fsp3) is 0.310. The predicted molar refractivity (Wildman–Crippen MR) is 154 cm³/mol. The van der Waals surface area contributed by atoms with Crippen LogP contribution in [0.2, 0.25) is 5.02 Å². The minimum atomic E-state index is -0.329. The number of amides is 2. The lowest BCUT2D eigenvalue weighted by molar-refractivity contribution is -0.116. The van der Waals surface area contributed by atoms with Gasteiger partial charge in [-0.2, -0.15) is 11.8 Å². The van der Waals surface area contributed by atoms with Crippen LogP contribution in [0.5, 0.6) is 0 Å². The second-order valence-corrected chi connectivity index (χ2v) is 11.1. The van der Waals surface area contributed by atoms with E-state index in [4.69, 9.17) is 11.6 Å². The Hall–Kier alpha value is -3.16. The zero-order valence-corrected chi connectivity index (χ0v) is 22.7. The molecule has 3 aromatic carbocycles. The summed E-state index contributed by atoms with van der Waals surface area (Å²) in [7, 11) is 0. The lowest BCUT2D eigenvalue weighted by Gasteiger charge is -2.37. The van der Waals surface area contributed by atoms with Crippen molar-refractivity contribution in [2.75, 3.05) is 47.5 Å². The van der Waals surface area contributed by atoms with Gasteiger partial charge >= 0.3 is 0 Å². The Bertz CT molecular complexity index is 1310. The van der Waals surface area contributed by atoms with Gasteiger partial charge in [-0.3, -0.25) is 9.59 Å². The van der Waals surface area contributed by atoms with Crippen molar-refractivity contribution < 1.29 is 9.59 Å². The Balaban J connectivity index is 1.17. The molecule has 0 bridgehead atoms. The van der Waals surface area contributed by atoms with E-state index in [2.05, 4.69) is 47.6 Å². The lowest BCUT2D eigenvalue weighted by Crippen LogP contribution is -2.49. The van der Waals surface area contributed by atoms with Gasteiger partial charge in [-0.1, -0.05) is 35.9 Å². The number of carbonyl (C=O) groups is 2. The third-order valence-electron chi connectivity index (χ3n) is 7.12. The van der Waals surface area contributed by atoms with Gasteiger partial charge in [0.05, 0.1) is 11.4 Å². The molecular formula is C29H31ClN4O2S. The smallest absolute Gasteiger partial charge is 0.254 e. The topological polar surface area (TPSA) is 64.7 Å². The highest BCUT2D eigenvalue weighted by atomic mass is 35.5. The first-order chi connectivity index (χ1) is 17.9. The maximum absolute atomic E-state index is 13.3. The van der Waals surface area contributed by atoms with Crippen molar-refractivity contribution in [2.45, 2.75) is 25.6 Å². The van der Waals surface area contributed by atoms with Gasteiger partial charge in [-0.25, -0.2) is 0 Å². The van der Waals surface area contributed by atoms with Gasteiger partial charge in [0, 0.05) is 54.0 Å². The maximum Gasteiger partial charge on any atom is 0.254 e. The van der Waals surface area contributed by atoms with Crippen LogP contribution >= 0.6 is 23.4 Å². The van der Waals surface area contributed by atoms with Crippen molar-refractivity contribution in [2.24, 2.45) is 0 Å². The van der Waals surface area contributed by atoms with Crippen LogP contribution < -0.4 is 15.5 Å². The normalized spacial score (nSPS) is 17.2. The van der Waals surface area contributed by atoms with Crippen molar-refractivity contribution in [1.29, 1.82) is 0 Å². The van der Waals surface area contributed by atoms with Crippen molar-refractivity contribution in [1.82, 2.24) is 4.90 Å². The molecule has 2 amide bonds. The van der Waals surface area contributed by atoms with Crippen LogP contribution in [0, 0.1) is 13.8 Å². The number of nitrogens with one attached hydrogen (secondary N) is 2. The molecule has 2 heterocycles. The van der Waals surface area contributed by atoms with E-state index < -0.39 is 0 Å². The number of nitrogens with zero attached hydrogens (tertiary/aromatic N) is 2. The highest BCUT2D eigenvalue weighted by Gasteiger charge is 2.28. The van der Waals surface area contributed by atoms with Gasteiger partial charge < -0.3 is 20.4 Å². The highest BCUT2D eigenvalue weighted by molar-refractivity contribution is 7.98. The maximum atomic E-state index is 13.3. The Morgan fingerprint density at radius 3 is 2.51 bits per heavy atom. The molecule has 2 aliphatic rings. The summed E-state index contributed by atoms with van der Waals surface area (Å²) in [6, 6.07) is 19.3. The van der Waals surface area contributed by atoms with Crippen LogP contribution in [0.3, 0.4) is 0 Å². The molecule has 192 valence electrons. The Morgan fingerprint density at radius 1 is 1.00 bits per heavy atom. The molecule has 0 saturated carbocycles. The molecule has 37 heavy (non-hydrogen) atoms. The summed E-state index contributed by atoms with van der Waals surface area (Å²) in [6.07, 6.45) is 0. The third-order valence-corrected chi connectivity index (χ3v) is 8.48. The first-order valence-electron chi connectivity index (χ1n) is 12.5. The molecule has 5 rings (SSSR count). The molecule has 1 atom stereocenters. The number of benzene rings is 3. The second kappa shape index (κ2) is 11.1. The lowest BCUT2D eigenvalue weighted by atomic mass is 10.1. The molecule has 0 aromatic heterocycles. The summed E-state index contributed by atoms with van der Waals surface area (Å²) in [5.41, 5.74) is 7.08. The van der Waals surface area contributed by atoms with Crippen LogP contribution in [0.25, 0.3) is 0 Å². The van der Waals surface area contributed by atoms with Gasteiger partial charge in [0.2, 0.25) is 5.91 Å². The summed E-state index contributed by atoms with van der Waals surface area (Å²) >= 11 is 7.65. The minimum absolute atomic E-state index is 0.00157. The molecule has 0 radical (unpaired) electrons. The number of piperazine rings is 1. The molecule has 1 unspecified atom stereocenters. The Labute approximate surface area is 227 Å². The van der Waals surface area contributed by atoms with E-state index in [0.717, 1.165) is 29.6 Å². The molecule has 1 saturated heterocycles. The molecule has 0 aliphatic carbocycles. The largest absolute Gasteiger partial charge is 0.371 e. The van der Waals surface area contributed by atoms with Crippen molar-refractivity contribution in [3.8, 4) is 0 Å². The first-order valence-corrected chi connectivity index (χ1v) is 14.1. The zero-order chi connectivity index (χ0) is 25.9. The number of aryl methyl sites for hydroxylation is 1. The summed E-state index contributed by atoms with van der Waals surface area (Å²) in [4.78, 5) is 30.3. The molecule has 2 aliphatic heterocycles. The molecule has 8 heteroatoms. The average molecular weight is 535 g/mol. The van der Waals surface area contributed by atoms with Crippen molar-refractivity contribution >= 4 is 52.2 Å². The standard InChI is InChI=1S/C29H31ClN4O2S/c1-19-4-3-5-27(20(19)2)33-12-14-34(15-13-33)29(36)22-8-11-24-25(16-22)32-28(35)26(31-24)18-37-17-21-6-9-23(30)10-7-21/h3-11,16,26,31H,12-15,17-18H2,1-2H3,(H,32,35). The van der Waals surface area contributed by atoms with Gasteiger partial charge in [-0.05, 0) is 66.9 Å². The van der Waals surface area contributed by atoms with Crippen molar-refractivity contribution in [3.05, 3.63) is 87.9 Å². The van der Waals surface area contributed by atoms with Gasteiger partial charge in [0.15, 0.2) is 0 Å². The fourth-order valence-electron chi connectivity index (χ4n) is 4.78. The first kappa shape index (κ1) is 25.5. The monoisotopic (exact) mass is 534 g/mol. The summed E-state index contributed by atoms with van der Waals surface area (Å²) in [5, 5.41) is 7.05. The number of fused-ring (bicyclic) bond motifs is 1. The quantitative estimate of drug-likeness (QED) is 0.432. The Kier molecular flexibility index (Phi) is 7.63. The van der Waals surface area contributed by atoms with Crippen LogP contribution in [0.1, 0.15) is 27.0 Å². The molecule has 6 nitrogen and oxygen atoms in total. The molecule has 3 aromatic rings. The molecular weight excluding hydrogens is 504 g/mol. The number of hydrogen-bond acceptors (Lipinski definition) is 5. The summed E-state index contributed by atoms with van der Waals surface area (Å²) in [5.74, 6) is 1.36. The molecule has 1 fully saturated rings. The van der Waals surface area contributed by atoms with Gasteiger partial charge in [0.25, 0.3) is 5.91 Å². The number of thioether (sulfide) groups is 1. The van der Waals surface area contributed by atoms with E-state index in [9.17, 15) is 9.59 Å². The SMILES string of the molecule is Cc1cccc(N2CCN(C(=O)c3ccc4c(c3)NC(=O)C(CSCc3ccc(Cl)cc3)N4)CC2)c1C. The van der Waals surface area contributed by atoms with E-state index in [-0.39, 0.29) is 17.9 Å². The van der Waals surface area contributed by atoms with Crippen LogP contribution in [0.15, 0.2) is 60.7 Å². The molecule has 0 spiro atoms. The van der Waals surface area contributed by atoms with E-state index in [1.165, 1.54) is 22.4 Å². The fourth-order valence-corrected chi connectivity index (χ4v) is 5.93. The Morgan fingerprint density at radius 2 is 1.76 bits per heavy atom. The highest BCUT2D eigenvalue weighted by Crippen LogP contribution is 2.30. The van der Waals surface area contributed by atoms with Crippen LogP contribution in [-0.4, -0.2) is 54.7 Å². The third kappa shape index (κ3) is 5.73. The molecule has 2 N–H and O–H groups in total. The van der Waals surface area contributed by atoms with E-state index >= 15 is 0 Å². The minimum Gasteiger partial charge on any atom is -0.371 e. The predicted octanol–water partition coefficient (Wildman–Crippen LogP) is 5.59. The second-order valence-electron chi connectivity index (χ2n) is 9.59. The summed E-state index contributed by atoms with van der Waals surface area (Å²) < 4.78 is 0. The van der Waals surface area contributed by atoms with E-state index in [1.54, 1.807) is 17.8 Å². The van der Waals surface area contributed by atoms with Crippen LogP contribution in [0.4, 0.5) is 17.1 Å². The van der Waals surface area contributed by atoms with Gasteiger partial charge in [-0.15, -0.1) is 0 Å². The zero-order valence-electron chi connectivity index (χ0n) is 21.1. The number of hydrogen-bond donors (Lipinski definition) is 2. The van der Waals surface area contributed by atoms with E-state index in [1.807, 2.05) is 41.3 Å². The van der Waals surface area contributed by atoms with Crippen LogP contribution in [-0.2, 0) is 10.5 Å². The van der Waals surface area contributed by atoms with Gasteiger partial charge in [0.1, 0.15) is 6.04 Å². The van der Waals surface area contributed by atoms with Crippen molar-refractivity contribution in [3.63, 3.8) is 0 Å². The number of halogens is 1. The number of anilines is 3. The summed E-state index contributed by atoms with van der Waals surface area (Å²) in [6.45, 7) is 7.22. The number of carbonyl (C=O) groups excluding carboxylic acids is 2. The van der Waals surface area contributed by atoms with E-state index in [0.29, 0.717) is 30.1 Å².